The predicted molar refractivity (Wildman–Crippen MR) is 91.1 cm³/mol. The number of aliphatic hydroxyl groups is 2. The Balaban J connectivity index is 2.09. The minimum Gasteiger partial charge on any atom is -0.390 e. The summed E-state index contributed by atoms with van der Waals surface area (Å²) in [6.45, 7) is 3.39. The Morgan fingerprint density at radius 1 is 1.33 bits per heavy atom. The summed E-state index contributed by atoms with van der Waals surface area (Å²) in [4.78, 5) is 20.6. The van der Waals surface area contributed by atoms with Gasteiger partial charge in [0.25, 0.3) is 5.91 Å². The SMILES string of the molecule is CCCN(C[C@@H]1COC[C@@H](O)[C@H]1O)C(=O)c1ccc(N(C)C)nc1. The molecule has 1 aromatic rings. The van der Waals surface area contributed by atoms with Gasteiger partial charge in [0, 0.05) is 39.3 Å². The molecule has 7 nitrogen and oxygen atoms in total. The number of carbonyl (C=O) groups is 1. The second kappa shape index (κ2) is 8.41. The third-order valence-electron chi connectivity index (χ3n) is 4.19. The van der Waals surface area contributed by atoms with E-state index < -0.39 is 12.2 Å². The maximum Gasteiger partial charge on any atom is 0.255 e. The summed E-state index contributed by atoms with van der Waals surface area (Å²) in [6.07, 6.45) is 0.605. The predicted octanol–water partition coefficient (Wildman–Crippen LogP) is 0.368. The molecule has 0 aliphatic carbocycles. The lowest BCUT2D eigenvalue weighted by Gasteiger charge is -2.35. The van der Waals surface area contributed by atoms with E-state index in [1.165, 1.54) is 0 Å². The molecule has 0 spiro atoms. The zero-order chi connectivity index (χ0) is 17.7. The summed E-state index contributed by atoms with van der Waals surface area (Å²) in [5.74, 6) is 0.369. The summed E-state index contributed by atoms with van der Waals surface area (Å²) in [5.41, 5.74) is 0.515. The van der Waals surface area contributed by atoms with Crippen molar-refractivity contribution in [2.75, 3.05) is 45.3 Å². The molecule has 2 rings (SSSR count). The summed E-state index contributed by atoms with van der Waals surface area (Å²) < 4.78 is 5.31. The molecule has 2 N–H and O–H groups in total. The number of amides is 1. The van der Waals surface area contributed by atoms with Crippen LogP contribution in [0, 0.1) is 5.92 Å². The van der Waals surface area contributed by atoms with Gasteiger partial charge in [0.1, 0.15) is 11.9 Å². The average Bonchev–Trinajstić information content (AvgIpc) is 2.58. The van der Waals surface area contributed by atoms with Gasteiger partial charge >= 0.3 is 0 Å². The molecule has 0 saturated carbocycles. The van der Waals surface area contributed by atoms with E-state index in [9.17, 15) is 15.0 Å². The van der Waals surface area contributed by atoms with Crippen LogP contribution in [0.1, 0.15) is 23.7 Å². The highest BCUT2D eigenvalue weighted by atomic mass is 16.5. The third-order valence-corrected chi connectivity index (χ3v) is 4.19. The van der Waals surface area contributed by atoms with E-state index in [0.717, 1.165) is 12.2 Å². The number of nitrogens with zero attached hydrogens (tertiary/aromatic N) is 3. The highest BCUT2D eigenvalue weighted by Crippen LogP contribution is 2.19. The molecule has 1 amide bonds. The van der Waals surface area contributed by atoms with Crippen LogP contribution in [0.15, 0.2) is 18.3 Å². The van der Waals surface area contributed by atoms with Crippen LogP contribution in [-0.2, 0) is 4.74 Å². The number of ether oxygens (including phenoxy) is 1. The van der Waals surface area contributed by atoms with Crippen molar-refractivity contribution in [1.29, 1.82) is 0 Å². The van der Waals surface area contributed by atoms with Gasteiger partial charge in [0.2, 0.25) is 0 Å². The van der Waals surface area contributed by atoms with Crippen molar-refractivity contribution < 1.29 is 19.7 Å². The number of hydrogen-bond donors (Lipinski definition) is 2. The molecular formula is C17H27N3O4. The van der Waals surface area contributed by atoms with Crippen molar-refractivity contribution in [1.82, 2.24) is 9.88 Å². The molecular weight excluding hydrogens is 310 g/mol. The number of anilines is 1. The molecule has 1 aliphatic heterocycles. The third kappa shape index (κ3) is 4.43. The van der Waals surface area contributed by atoms with Crippen LogP contribution in [0.3, 0.4) is 0 Å². The molecule has 3 atom stereocenters. The maximum atomic E-state index is 12.8. The van der Waals surface area contributed by atoms with E-state index in [0.29, 0.717) is 25.3 Å². The van der Waals surface area contributed by atoms with E-state index in [2.05, 4.69) is 4.98 Å². The van der Waals surface area contributed by atoms with Crippen LogP contribution < -0.4 is 4.90 Å². The van der Waals surface area contributed by atoms with Gasteiger partial charge in [0.05, 0.1) is 24.9 Å². The number of aromatic nitrogens is 1. The lowest BCUT2D eigenvalue weighted by atomic mass is 9.95. The lowest BCUT2D eigenvalue weighted by molar-refractivity contribution is -0.124. The standard InChI is InChI=1S/C17H27N3O4/c1-4-7-20(9-13-10-24-11-14(21)16(13)22)17(23)12-5-6-15(18-8-12)19(2)3/h5-6,8,13-14,16,21-22H,4,7,9-11H2,1-3H3/t13-,14-,16+/m1/s1. The lowest BCUT2D eigenvalue weighted by Crippen LogP contribution is -2.49. The first-order valence-electron chi connectivity index (χ1n) is 8.30. The first-order chi connectivity index (χ1) is 11.4. The molecule has 2 heterocycles. The van der Waals surface area contributed by atoms with Gasteiger partial charge in [-0.1, -0.05) is 6.92 Å². The molecule has 0 aromatic carbocycles. The van der Waals surface area contributed by atoms with Crippen LogP contribution in [0.4, 0.5) is 5.82 Å². The largest absolute Gasteiger partial charge is 0.390 e. The maximum absolute atomic E-state index is 12.8. The summed E-state index contributed by atoms with van der Waals surface area (Å²) in [7, 11) is 3.78. The van der Waals surface area contributed by atoms with Crippen LogP contribution in [-0.4, -0.2) is 78.6 Å². The average molecular weight is 337 g/mol. The Morgan fingerprint density at radius 2 is 2.08 bits per heavy atom. The Labute approximate surface area is 142 Å². The van der Waals surface area contributed by atoms with Crippen molar-refractivity contribution in [2.24, 2.45) is 5.92 Å². The van der Waals surface area contributed by atoms with Gasteiger partial charge in [-0.3, -0.25) is 4.79 Å². The van der Waals surface area contributed by atoms with Gasteiger partial charge in [-0.15, -0.1) is 0 Å². The summed E-state index contributed by atoms with van der Waals surface area (Å²) >= 11 is 0. The Hall–Kier alpha value is -1.70. The van der Waals surface area contributed by atoms with Crippen molar-refractivity contribution in [3.63, 3.8) is 0 Å². The summed E-state index contributed by atoms with van der Waals surface area (Å²) in [6, 6.07) is 3.57. The van der Waals surface area contributed by atoms with Gasteiger partial charge in [-0.25, -0.2) is 4.98 Å². The van der Waals surface area contributed by atoms with Crippen LogP contribution in [0.25, 0.3) is 0 Å². The van der Waals surface area contributed by atoms with Gasteiger partial charge in [-0.05, 0) is 18.6 Å². The molecule has 0 bridgehead atoms. The van der Waals surface area contributed by atoms with Crippen LogP contribution >= 0.6 is 0 Å². The van der Waals surface area contributed by atoms with E-state index in [4.69, 9.17) is 4.74 Å². The van der Waals surface area contributed by atoms with Crippen molar-refractivity contribution in [2.45, 2.75) is 25.6 Å². The number of aliphatic hydroxyl groups excluding tert-OH is 2. The quantitative estimate of drug-likeness (QED) is 0.780. The number of hydrogen-bond acceptors (Lipinski definition) is 6. The number of carbonyl (C=O) groups excluding carboxylic acids is 1. The molecule has 1 aliphatic rings. The fraction of sp³-hybridized carbons (Fsp3) is 0.647. The number of rotatable bonds is 6. The highest BCUT2D eigenvalue weighted by Gasteiger charge is 2.33. The zero-order valence-electron chi connectivity index (χ0n) is 14.6. The van der Waals surface area contributed by atoms with E-state index in [-0.39, 0.29) is 18.4 Å². The van der Waals surface area contributed by atoms with Crippen molar-refractivity contribution >= 4 is 11.7 Å². The molecule has 134 valence electrons. The fourth-order valence-corrected chi connectivity index (χ4v) is 2.80. The first-order valence-corrected chi connectivity index (χ1v) is 8.30. The second-order valence-electron chi connectivity index (χ2n) is 6.41. The fourth-order valence-electron chi connectivity index (χ4n) is 2.80. The molecule has 1 saturated heterocycles. The van der Waals surface area contributed by atoms with E-state index in [1.807, 2.05) is 25.9 Å². The van der Waals surface area contributed by atoms with Crippen LogP contribution in [0.5, 0.6) is 0 Å². The molecule has 0 radical (unpaired) electrons. The Kier molecular flexibility index (Phi) is 6.53. The molecule has 1 aromatic heterocycles. The molecule has 0 unspecified atom stereocenters. The minimum absolute atomic E-state index is 0.123. The molecule has 24 heavy (non-hydrogen) atoms. The Morgan fingerprint density at radius 3 is 2.67 bits per heavy atom. The van der Waals surface area contributed by atoms with Gasteiger partial charge in [-0.2, -0.15) is 0 Å². The van der Waals surface area contributed by atoms with Gasteiger partial charge in [0.15, 0.2) is 0 Å². The van der Waals surface area contributed by atoms with E-state index in [1.54, 1.807) is 23.2 Å². The zero-order valence-corrected chi connectivity index (χ0v) is 14.6. The normalized spacial score (nSPS) is 23.8. The first kappa shape index (κ1) is 18.6. The molecule has 7 heteroatoms. The Bertz CT molecular complexity index is 535. The van der Waals surface area contributed by atoms with Crippen molar-refractivity contribution in [3.8, 4) is 0 Å². The molecule has 1 fully saturated rings. The summed E-state index contributed by atoms with van der Waals surface area (Å²) in [5, 5.41) is 19.9. The monoisotopic (exact) mass is 337 g/mol. The smallest absolute Gasteiger partial charge is 0.255 e. The second-order valence-corrected chi connectivity index (χ2v) is 6.41. The topological polar surface area (TPSA) is 86.1 Å². The van der Waals surface area contributed by atoms with Crippen LogP contribution in [0.2, 0.25) is 0 Å². The highest BCUT2D eigenvalue weighted by molar-refractivity contribution is 5.94. The number of pyridine rings is 1. The van der Waals surface area contributed by atoms with Gasteiger partial charge < -0.3 is 24.7 Å². The van der Waals surface area contributed by atoms with Crippen molar-refractivity contribution in [3.05, 3.63) is 23.9 Å². The minimum atomic E-state index is -0.900. The van der Waals surface area contributed by atoms with E-state index >= 15 is 0 Å².